The van der Waals surface area contributed by atoms with Gasteiger partial charge in [-0.15, -0.1) is 0 Å². The Kier molecular flexibility index (Phi) is 5.01. The molecule has 1 heteroatoms. The molecule has 0 aliphatic heterocycles. The van der Waals surface area contributed by atoms with Gasteiger partial charge in [-0.05, 0) is 81.4 Å². The maximum Gasteiger partial charge on any atom is -0.000815 e. The van der Waals surface area contributed by atoms with Crippen LogP contribution < -0.4 is 5.32 Å². The number of hydrogen-bond acceptors (Lipinski definition) is 1. The predicted octanol–water partition coefficient (Wildman–Crippen LogP) is 3.46. The van der Waals surface area contributed by atoms with E-state index in [1.807, 2.05) is 0 Å². The molecule has 0 amide bonds. The Labute approximate surface area is 100 Å². The molecule has 0 aliphatic rings. The highest BCUT2D eigenvalue weighted by molar-refractivity contribution is 5.44. The monoisotopic (exact) mass is 219 g/mol. The first-order valence-electron chi connectivity index (χ1n) is 6.35. The molecule has 0 saturated carbocycles. The molecule has 1 aromatic rings. The summed E-state index contributed by atoms with van der Waals surface area (Å²) in [5, 5.41) is 3.48. The van der Waals surface area contributed by atoms with Crippen molar-refractivity contribution in [1.82, 2.24) is 5.32 Å². The molecule has 0 fully saturated rings. The second-order valence-electron chi connectivity index (χ2n) is 4.74. The fourth-order valence-electron chi connectivity index (χ4n) is 2.19. The minimum atomic E-state index is 1.10. The molecule has 0 spiro atoms. The van der Waals surface area contributed by atoms with Gasteiger partial charge in [0.25, 0.3) is 0 Å². The Hall–Kier alpha value is -0.820. The van der Waals surface area contributed by atoms with Gasteiger partial charge in [0.05, 0.1) is 0 Å². The van der Waals surface area contributed by atoms with E-state index in [0.717, 1.165) is 19.5 Å². The van der Waals surface area contributed by atoms with Crippen LogP contribution in [0.15, 0.2) is 6.07 Å². The topological polar surface area (TPSA) is 12.0 Å². The minimum Gasteiger partial charge on any atom is -0.316 e. The van der Waals surface area contributed by atoms with E-state index in [4.69, 9.17) is 0 Å². The van der Waals surface area contributed by atoms with Crippen LogP contribution >= 0.6 is 0 Å². The van der Waals surface area contributed by atoms with Crippen molar-refractivity contribution >= 4 is 0 Å². The molecule has 1 aromatic carbocycles. The average molecular weight is 219 g/mol. The normalized spacial score (nSPS) is 10.8. The molecular formula is C15H25N. The number of hydrogen-bond donors (Lipinski definition) is 1. The van der Waals surface area contributed by atoms with Gasteiger partial charge in [-0.1, -0.05) is 13.0 Å². The highest BCUT2D eigenvalue weighted by Gasteiger charge is 2.07. The maximum atomic E-state index is 3.48. The number of aryl methyl sites for hydroxylation is 2. The van der Waals surface area contributed by atoms with E-state index in [0.29, 0.717) is 0 Å². The summed E-state index contributed by atoms with van der Waals surface area (Å²) in [6.07, 6.45) is 2.37. The van der Waals surface area contributed by atoms with Gasteiger partial charge in [-0.25, -0.2) is 0 Å². The van der Waals surface area contributed by atoms with Crippen LogP contribution in [0.3, 0.4) is 0 Å². The summed E-state index contributed by atoms with van der Waals surface area (Å²) >= 11 is 0. The highest BCUT2D eigenvalue weighted by Crippen LogP contribution is 2.21. The third-order valence-corrected chi connectivity index (χ3v) is 3.50. The summed E-state index contributed by atoms with van der Waals surface area (Å²) in [5.74, 6) is 0. The van der Waals surface area contributed by atoms with Crippen molar-refractivity contribution in [2.24, 2.45) is 0 Å². The Bertz CT molecular complexity index is 327. The maximum absolute atomic E-state index is 3.48. The molecule has 0 bridgehead atoms. The quantitative estimate of drug-likeness (QED) is 0.748. The largest absolute Gasteiger partial charge is 0.316 e. The zero-order valence-corrected chi connectivity index (χ0v) is 11.4. The lowest BCUT2D eigenvalue weighted by atomic mass is 9.92. The molecule has 0 aliphatic carbocycles. The van der Waals surface area contributed by atoms with Crippen LogP contribution in [0.1, 0.15) is 41.2 Å². The summed E-state index contributed by atoms with van der Waals surface area (Å²) in [4.78, 5) is 0. The molecule has 90 valence electrons. The molecule has 0 atom stereocenters. The highest BCUT2D eigenvalue weighted by atomic mass is 14.8. The molecular weight excluding hydrogens is 194 g/mol. The molecule has 1 nitrogen and oxygen atoms in total. The Balaban J connectivity index is 2.78. The molecule has 0 unspecified atom stereocenters. The van der Waals surface area contributed by atoms with Gasteiger partial charge in [0.1, 0.15) is 0 Å². The van der Waals surface area contributed by atoms with E-state index in [9.17, 15) is 0 Å². The fraction of sp³-hybridized carbons (Fsp3) is 0.600. The van der Waals surface area contributed by atoms with Crippen LogP contribution in [0, 0.1) is 27.7 Å². The van der Waals surface area contributed by atoms with Crippen molar-refractivity contribution < 1.29 is 0 Å². The van der Waals surface area contributed by atoms with Gasteiger partial charge in [0, 0.05) is 0 Å². The summed E-state index contributed by atoms with van der Waals surface area (Å²) in [6.45, 7) is 13.4. The smallest absolute Gasteiger partial charge is 0.000815 e. The second-order valence-corrected chi connectivity index (χ2v) is 4.74. The first-order chi connectivity index (χ1) is 7.57. The SMILES string of the molecule is CCCNCCc1c(C)c(C)cc(C)c1C. The zero-order chi connectivity index (χ0) is 12.1. The predicted molar refractivity (Wildman–Crippen MR) is 72.3 cm³/mol. The van der Waals surface area contributed by atoms with Crippen molar-refractivity contribution in [2.45, 2.75) is 47.5 Å². The molecule has 0 radical (unpaired) electrons. The van der Waals surface area contributed by atoms with Gasteiger partial charge in [0.2, 0.25) is 0 Å². The minimum absolute atomic E-state index is 1.10. The van der Waals surface area contributed by atoms with E-state index in [1.165, 1.54) is 28.7 Å². The fourth-order valence-corrected chi connectivity index (χ4v) is 2.19. The third-order valence-electron chi connectivity index (χ3n) is 3.50. The lowest BCUT2D eigenvalue weighted by Crippen LogP contribution is -2.19. The van der Waals surface area contributed by atoms with E-state index < -0.39 is 0 Å². The van der Waals surface area contributed by atoms with E-state index in [1.54, 1.807) is 5.56 Å². The van der Waals surface area contributed by atoms with E-state index in [2.05, 4.69) is 46.0 Å². The Morgan fingerprint density at radius 3 is 2.00 bits per heavy atom. The number of rotatable bonds is 5. The van der Waals surface area contributed by atoms with E-state index >= 15 is 0 Å². The number of nitrogens with one attached hydrogen (secondary N) is 1. The van der Waals surface area contributed by atoms with Crippen LogP contribution in [-0.2, 0) is 6.42 Å². The molecule has 1 N–H and O–H groups in total. The molecule has 0 saturated heterocycles. The van der Waals surface area contributed by atoms with Gasteiger partial charge in [-0.3, -0.25) is 0 Å². The Morgan fingerprint density at radius 1 is 0.938 bits per heavy atom. The first kappa shape index (κ1) is 13.2. The van der Waals surface area contributed by atoms with Crippen molar-refractivity contribution in [1.29, 1.82) is 0 Å². The summed E-state index contributed by atoms with van der Waals surface area (Å²) < 4.78 is 0. The summed E-state index contributed by atoms with van der Waals surface area (Å²) in [6, 6.07) is 2.30. The van der Waals surface area contributed by atoms with Gasteiger partial charge < -0.3 is 5.32 Å². The molecule has 1 rings (SSSR count). The van der Waals surface area contributed by atoms with Crippen LogP contribution in [0.2, 0.25) is 0 Å². The molecule has 0 heterocycles. The lowest BCUT2D eigenvalue weighted by Gasteiger charge is -2.15. The van der Waals surface area contributed by atoms with Crippen molar-refractivity contribution in [3.05, 3.63) is 33.9 Å². The van der Waals surface area contributed by atoms with Gasteiger partial charge in [-0.2, -0.15) is 0 Å². The van der Waals surface area contributed by atoms with Crippen molar-refractivity contribution in [2.75, 3.05) is 13.1 Å². The van der Waals surface area contributed by atoms with E-state index in [-0.39, 0.29) is 0 Å². The second kappa shape index (κ2) is 6.05. The van der Waals surface area contributed by atoms with Crippen LogP contribution in [0.4, 0.5) is 0 Å². The standard InChI is InChI=1S/C15H25N/c1-6-8-16-9-7-15-13(4)11(2)10-12(3)14(15)5/h10,16H,6-9H2,1-5H3. The van der Waals surface area contributed by atoms with Crippen LogP contribution in [-0.4, -0.2) is 13.1 Å². The first-order valence-corrected chi connectivity index (χ1v) is 6.35. The Morgan fingerprint density at radius 2 is 1.50 bits per heavy atom. The summed E-state index contributed by atoms with van der Waals surface area (Å²) in [5.41, 5.74) is 7.34. The number of benzene rings is 1. The summed E-state index contributed by atoms with van der Waals surface area (Å²) in [7, 11) is 0. The zero-order valence-electron chi connectivity index (χ0n) is 11.4. The van der Waals surface area contributed by atoms with Gasteiger partial charge in [0.15, 0.2) is 0 Å². The molecule has 0 aromatic heterocycles. The third kappa shape index (κ3) is 3.08. The van der Waals surface area contributed by atoms with Crippen LogP contribution in [0.25, 0.3) is 0 Å². The van der Waals surface area contributed by atoms with Crippen molar-refractivity contribution in [3.8, 4) is 0 Å². The lowest BCUT2D eigenvalue weighted by molar-refractivity contribution is 0.668. The van der Waals surface area contributed by atoms with Crippen LogP contribution in [0.5, 0.6) is 0 Å². The average Bonchev–Trinajstić information content (AvgIpc) is 2.25. The molecule has 16 heavy (non-hydrogen) atoms. The van der Waals surface area contributed by atoms with Gasteiger partial charge >= 0.3 is 0 Å². The van der Waals surface area contributed by atoms with Crippen molar-refractivity contribution in [3.63, 3.8) is 0 Å².